The molecule has 0 radical (unpaired) electrons. The largest absolute Gasteiger partial charge is 0.411 e. The minimum atomic E-state index is -4.26. The van der Waals surface area contributed by atoms with Crippen LogP contribution < -0.4 is 5.73 Å². The minimum Gasteiger partial charge on any atom is -0.372 e. The van der Waals surface area contributed by atoms with Gasteiger partial charge >= 0.3 is 6.18 Å². The summed E-state index contributed by atoms with van der Waals surface area (Å²) in [5, 5.41) is 7.79. The Kier molecular flexibility index (Phi) is 6.06. The molecule has 104 valence electrons. The van der Waals surface area contributed by atoms with Gasteiger partial charge in [0.2, 0.25) is 0 Å². The van der Waals surface area contributed by atoms with E-state index >= 15 is 0 Å². The molecule has 8 heteroatoms. The molecule has 1 aromatic rings. The average molecular weight is 266 g/mol. The molecular weight excluding hydrogens is 249 g/mol. The van der Waals surface area contributed by atoms with Crippen molar-refractivity contribution in [1.29, 1.82) is 0 Å². The summed E-state index contributed by atoms with van der Waals surface area (Å²) in [6.07, 6.45) is -0.410. The molecule has 0 aliphatic rings. The third-order valence-electron chi connectivity index (χ3n) is 2.16. The second-order valence-electron chi connectivity index (χ2n) is 3.89. The van der Waals surface area contributed by atoms with Crippen LogP contribution in [0.5, 0.6) is 0 Å². The van der Waals surface area contributed by atoms with Crippen LogP contribution >= 0.6 is 0 Å². The van der Waals surface area contributed by atoms with Gasteiger partial charge < -0.3 is 10.5 Å². The standard InChI is InChI=1S/C10H17F3N4O/c11-10(12,13)8-18-6-2-5-17-7-9(15-16-17)3-1-4-14/h7H,1-6,8,14H2. The number of aromatic nitrogens is 3. The van der Waals surface area contributed by atoms with Gasteiger partial charge in [0.15, 0.2) is 0 Å². The van der Waals surface area contributed by atoms with E-state index in [1.807, 2.05) is 0 Å². The molecule has 18 heavy (non-hydrogen) atoms. The fourth-order valence-corrected chi connectivity index (χ4v) is 1.36. The Balaban J connectivity index is 2.13. The lowest BCUT2D eigenvalue weighted by Gasteiger charge is -2.06. The summed E-state index contributed by atoms with van der Waals surface area (Å²) in [7, 11) is 0. The van der Waals surface area contributed by atoms with Crippen molar-refractivity contribution in [1.82, 2.24) is 15.0 Å². The molecule has 0 aliphatic carbocycles. The van der Waals surface area contributed by atoms with E-state index in [9.17, 15) is 13.2 Å². The number of hydrogen-bond donors (Lipinski definition) is 1. The van der Waals surface area contributed by atoms with E-state index in [-0.39, 0.29) is 6.61 Å². The molecule has 1 heterocycles. The van der Waals surface area contributed by atoms with E-state index in [0.717, 1.165) is 18.5 Å². The number of aryl methyl sites for hydroxylation is 2. The number of ether oxygens (including phenoxy) is 1. The highest BCUT2D eigenvalue weighted by molar-refractivity contribution is 4.92. The van der Waals surface area contributed by atoms with Crippen molar-refractivity contribution in [2.24, 2.45) is 5.73 Å². The van der Waals surface area contributed by atoms with E-state index in [1.54, 1.807) is 10.9 Å². The molecule has 0 fully saturated rings. The molecule has 0 unspecified atom stereocenters. The zero-order valence-corrected chi connectivity index (χ0v) is 9.99. The Hall–Kier alpha value is -1.15. The normalized spacial score (nSPS) is 12.0. The highest BCUT2D eigenvalue weighted by Crippen LogP contribution is 2.14. The predicted octanol–water partition coefficient (Wildman–Crippen LogP) is 1.14. The van der Waals surface area contributed by atoms with E-state index < -0.39 is 12.8 Å². The monoisotopic (exact) mass is 266 g/mol. The number of halogens is 3. The molecule has 1 aromatic heterocycles. The van der Waals surface area contributed by atoms with Crippen molar-refractivity contribution in [3.8, 4) is 0 Å². The molecule has 0 spiro atoms. The molecule has 1 rings (SSSR count). The zero-order chi connectivity index (χ0) is 13.4. The van der Waals surface area contributed by atoms with Crippen molar-refractivity contribution in [2.75, 3.05) is 19.8 Å². The second kappa shape index (κ2) is 7.32. The average Bonchev–Trinajstić information content (AvgIpc) is 2.72. The van der Waals surface area contributed by atoms with Crippen molar-refractivity contribution in [3.05, 3.63) is 11.9 Å². The molecule has 0 saturated heterocycles. The quantitative estimate of drug-likeness (QED) is 0.716. The third kappa shape index (κ3) is 6.55. The van der Waals surface area contributed by atoms with E-state index in [1.165, 1.54) is 0 Å². The molecule has 0 atom stereocenters. The van der Waals surface area contributed by atoms with E-state index in [2.05, 4.69) is 15.0 Å². The van der Waals surface area contributed by atoms with Crippen LogP contribution in [0.2, 0.25) is 0 Å². The van der Waals surface area contributed by atoms with Gasteiger partial charge in [0.05, 0.1) is 5.69 Å². The maximum absolute atomic E-state index is 11.8. The highest BCUT2D eigenvalue weighted by Gasteiger charge is 2.27. The van der Waals surface area contributed by atoms with Gasteiger partial charge in [-0.25, -0.2) is 0 Å². The lowest BCUT2D eigenvalue weighted by Crippen LogP contribution is -2.17. The van der Waals surface area contributed by atoms with Gasteiger partial charge in [0, 0.05) is 19.3 Å². The smallest absolute Gasteiger partial charge is 0.372 e. The van der Waals surface area contributed by atoms with Crippen LogP contribution in [-0.2, 0) is 17.7 Å². The van der Waals surface area contributed by atoms with Gasteiger partial charge in [0.25, 0.3) is 0 Å². The number of nitrogens with two attached hydrogens (primary N) is 1. The third-order valence-corrected chi connectivity index (χ3v) is 2.16. The van der Waals surface area contributed by atoms with Crippen LogP contribution in [0.1, 0.15) is 18.5 Å². The lowest BCUT2D eigenvalue weighted by molar-refractivity contribution is -0.174. The number of rotatable bonds is 8. The van der Waals surface area contributed by atoms with Crippen molar-refractivity contribution < 1.29 is 17.9 Å². The molecule has 0 saturated carbocycles. The topological polar surface area (TPSA) is 66.0 Å². The molecule has 0 bridgehead atoms. The minimum absolute atomic E-state index is 0.0531. The summed E-state index contributed by atoms with van der Waals surface area (Å²) in [6, 6.07) is 0. The summed E-state index contributed by atoms with van der Waals surface area (Å²) < 4.78 is 41.4. The van der Waals surface area contributed by atoms with Gasteiger partial charge in [-0.1, -0.05) is 5.21 Å². The number of nitrogens with zero attached hydrogens (tertiary/aromatic N) is 3. The first kappa shape index (κ1) is 14.9. The van der Waals surface area contributed by atoms with Gasteiger partial charge in [-0.3, -0.25) is 4.68 Å². The van der Waals surface area contributed by atoms with Crippen LogP contribution in [0.15, 0.2) is 6.20 Å². The fraction of sp³-hybridized carbons (Fsp3) is 0.800. The van der Waals surface area contributed by atoms with Gasteiger partial charge in [-0.2, -0.15) is 13.2 Å². The van der Waals surface area contributed by atoms with Crippen molar-refractivity contribution in [2.45, 2.75) is 32.0 Å². The van der Waals surface area contributed by atoms with Gasteiger partial charge in [0.1, 0.15) is 6.61 Å². The van der Waals surface area contributed by atoms with E-state index in [4.69, 9.17) is 5.73 Å². The summed E-state index contributed by atoms with van der Waals surface area (Å²) in [5.74, 6) is 0. The summed E-state index contributed by atoms with van der Waals surface area (Å²) in [6.45, 7) is -0.0603. The van der Waals surface area contributed by atoms with E-state index in [0.29, 0.717) is 19.5 Å². The van der Waals surface area contributed by atoms with Crippen molar-refractivity contribution in [3.63, 3.8) is 0 Å². The Labute approximate surface area is 103 Å². The van der Waals surface area contributed by atoms with Crippen molar-refractivity contribution >= 4 is 0 Å². The SMILES string of the molecule is NCCCc1cn(CCCOCC(F)(F)F)nn1. The molecule has 5 nitrogen and oxygen atoms in total. The van der Waals surface area contributed by atoms with Crippen LogP contribution in [-0.4, -0.2) is 40.9 Å². The zero-order valence-electron chi connectivity index (χ0n) is 9.99. The Morgan fingerprint density at radius 2 is 2.11 bits per heavy atom. The lowest BCUT2D eigenvalue weighted by atomic mass is 10.2. The maximum Gasteiger partial charge on any atom is 0.411 e. The number of alkyl halides is 3. The van der Waals surface area contributed by atoms with Gasteiger partial charge in [-0.15, -0.1) is 5.10 Å². The first-order valence-corrected chi connectivity index (χ1v) is 5.75. The molecule has 2 N–H and O–H groups in total. The van der Waals surface area contributed by atoms with Gasteiger partial charge in [-0.05, 0) is 25.8 Å². The second-order valence-corrected chi connectivity index (χ2v) is 3.89. The fourth-order valence-electron chi connectivity index (χ4n) is 1.36. The first-order valence-electron chi connectivity index (χ1n) is 5.75. The van der Waals surface area contributed by atoms with Crippen LogP contribution in [0.3, 0.4) is 0 Å². The summed E-state index contributed by atoms with van der Waals surface area (Å²) >= 11 is 0. The van der Waals surface area contributed by atoms with Crippen LogP contribution in [0, 0.1) is 0 Å². The van der Waals surface area contributed by atoms with Crippen LogP contribution in [0.4, 0.5) is 13.2 Å². The molecular formula is C10H17F3N4O. The first-order chi connectivity index (χ1) is 8.51. The number of hydrogen-bond acceptors (Lipinski definition) is 4. The molecule has 0 aromatic carbocycles. The molecule has 0 amide bonds. The Morgan fingerprint density at radius 3 is 2.78 bits per heavy atom. The Morgan fingerprint density at radius 1 is 1.33 bits per heavy atom. The maximum atomic E-state index is 11.8. The summed E-state index contributed by atoms with van der Waals surface area (Å²) in [5.41, 5.74) is 6.21. The Bertz CT molecular complexity index is 340. The van der Waals surface area contributed by atoms with Crippen LogP contribution in [0.25, 0.3) is 0 Å². The molecule has 0 aliphatic heterocycles. The predicted molar refractivity (Wildman–Crippen MR) is 58.9 cm³/mol. The summed E-state index contributed by atoms with van der Waals surface area (Å²) in [4.78, 5) is 0. The highest BCUT2D eigenvalue weighted by atomic mass is 19.4.